The fourth-order valence-corrected chi connectivity index (χ4v) is 3.53. The van der Waals surface area contributed by atoms with Crippen LogP contribution in [0.25, 0.3) is 11.0 Å². The van der Waals surface area contributed by atoms with Gasteiger partial charge in [0.1, 0.15) is 5.82 Å². The smallest absolute Gasteiger partial charge is 0.227 e. The van der Waals surface area contributed by atoms with Crippen LogP contribution >= 0.6 is 0 Å². The van der Waals surface area contributed by atoms with Gasteiger partial charge in [-0.15, -0.1) is 6.58 Å². The minimum atomic E-state index is 0.0681. The maximum absolute atomic E-state index is 13.0. The second-order valence-electron chi connectivity index (χ2n) is 7.84. The second-order valence-corrected chi connectivity index (χ2v) is 7.84. The summed E-state index contributed by atoms with van der Waals surface area (Å²) in [6.07, 6.45) is 2.92. The van der Waals surface area contributed by atoms with Gasteiger partial charge in [0.25, 0.3) is 0 Å². The van der Waals surface area contributed by atoms with Gasteiger partial charge in [0, 0.05) is 23.4 Å². The molecule has 0 spiro atoms. The molecule has 5 nitrogen and oxygen atoms in total. The summed E-state index contributed by atoms with van der Waals surface area (Å²) >= 11 is 0. The molecule has 3 N–H and O–H groups in total. The van der Waals surface area contributed by atoms with E-state index >= 15 is 0 Å². The molecule has 0 aliphatic carbocycles. The Balaban J connectivity index is 1.50. The minimum absolute atomic E-state index is 0.0681. The number of benzene rings is 3. The molecule has 0 saturated heterocycles. The van der Waals surface area contributed by atoms with Crippen LogP contribution in [0.15, 0.2) is 85.5 Å². The molecule has 164 valence electrons. The Bertz CT molecular complexity index is 1310. The number of hydrogen-bond acceptors (Lipinski definition) is 3. The van der Waals surface area contributed by atoms with Crippen LogP contribution in [-0.2, 0) is 17.8 Å². The third kappa shape index (κ3) is 5.90. The van der Waals surface area contributed by atoms with Gasteiger partial charge in [-0.1, -0.05) is 48.2 Å². The van der Waals surface area contributed by atoms with E-state index in [2.05, 4.69) is 28.4 Å². The fourth-order valence-electron chi connectivity index (χ4n) is 3.53. The zero-order valence-electron chi connectivity index (χ0n) is 18.4. The first-order valence-corrected chi connectivity index (χ1v) is 10.9. The van der Waals surface area contributed by atoms with E-state index in [4.69, 9.17) is 5.73 Å². The van der Waals surface area contributed by atoms with E-state index in [1.165, 1.54) is 0 Å². The number of rotatable bonds is 7. The topological polar surface area (TPSA) is 75.0 Å². The van der Waals surface area contributed by atoms with E-state index in [9.17, 15) is 4.79 Å². The van der Waals surface area contributed by atoms with Crippen LogP contribution < -0.4 is 5.73 Å². The van der Waals surface area contributed by atoms with E-state index in [1.807, 2.05) is 83.8 Å². The van der Waals surface area contributed by atoms with Gasteiger partial charge in [-0.25, -0.2) is 4.98 Å². The lowest BCUT2D eigenvalue weighted by molar-refractivity contribution is -0.131. The highest BCUT2D eigenvalue weighted by Gasteiger charge is 2.16. The zero-order valence-corrected chi connectivity index (χ0v) is 18.4. The molecule has 0 atom stereocenters. The Morgan fingerprint density at radius 3 is 2.52 bits per heavy atom. The normalized spacial score (nSPS) is 10.4. The number of imidazole rings is 1. The number of nitrogens with two attached hydrogens (primary N) is 1. The van der Waals surface area contributed by atoms with Gasteiger partial charge in [-0.3, -0.25) is 4.79 Å². The molecule has 0 aliphatic rings. The second kappa shape index (κ2) is 10.3. The third-order valence-corrected chi connectivity index (χ3v) is 5.29. The summed E-state index contributed by atoms with van der Waals surface area (Å²) in [7, 11) is 0. The molecule has 5 heteroatoms. The van der Waals surface area contributed by atoms with Crippen LogP contribution in [0.5, 0.6) is 0 Å². The van der Waals surface area contributed by atoms with Crippen molar-refractivity contribution in [2.24, 2.45) is 0 Å². The van der Waals surface area contributed by atoms with Crippen molar-refractivity contribution in [2.75, 3.05) is 12.3 Å². The lowest BCUT2D eigenvalue weighted by Crippen LogP contribution is -2.33. The summed E-state index contributed by atoms with van der Waals surface area (Å²) in [6.45, 7) is 4.81. The van der Waals surface area contributed by atoms with Crippen molar-refractivity contribution in [3.05, 3.63) is 108 Å². The first-order chi connectivity index (χ1) is 16.1. The SMILES string of the molecule is C=CCCN(Cc1nc2ccc(C#Cc3ccc(N)cc3)cc2[nH]1)C(=O)Cc1ccccc1. The predicted octanol–water partition coefficient (Wildman–Crippen LogP) is 4.69. The number of carbonyl (C=O) groups is 1. The highest BCUT2D eigenvalue weighted by molar-refractivity contribution is 5.79. The number of amides is 1. The van der Waals surface area contributed by atoms with Crippen molar-refractivity contribution in [3.63, 3.8) is 0 Å². The van der Waals surface area contributed by atoms with Gasteiger partial charge in [0.2, 0.25) is 5.91 Å². The molecule has 0 bridgehead atoms. The Morgan fingerprint density at radius 2 is 1.76 bits per heavy atom. The molecule has 0 aliphatic heterocycles. The lowest BCUT2D eigenvalue weighted by atomic mass is 10.1. The predicted molar refractivity (Wildman–Crippen MR) is 133 cm³/mol. The first kappa shape index (κ1) is 21.9. The van der Waals surface area contributed by atoms with Crippen LogP contribution in [-0.4, -0.2) is 27.3 Å². The average Bonchev–Trinajstić information content (AvgIpc) is 3.23. The molecular weight excluding hydrogens is 408 g/mol. The van der Waals surface area contributed by atoms with E-state index in [-0.39, 0.29) is 5.91 Å². The van der Waals surface area contributed by atoms with Crippen molar-refractivity contribution in [3.8, 4) is 11.8 Å². The summed E-state index contributed by atoms with van der Waals surface area (Å²) in [5.74, 6) is 7.15. The largest absolute Gasteiger partial charge is 0.399 e. The summed E-state index contributed by atoms with van der Waals surface area (Å²) in [6, 6.07) is 23.1. The third-order valence-electron chi connectivity index (χ3n) is 5.29. The number of H-pyrrole nitrogens is 1. The number of anilines is 1. The number of hydrogen-bond donors (Lipinski definition) is 2. The van der Waals surface area contributed by atoms with Crippen molar-refractivity contribution in [2.45, 2.75) is 19.4 Å². The standard InChI is InChI=1S/C28H26N4O/c1-2-3-17-32(28(33)19-22-7-5-4-6-8-22)20-27-30-25-16-13-23(18-26(25)31-27)10-9-21-11-14-24(29)15-12-21/h2,4-8,11-16,18H,1,3,17,19-20,29H2,(H,30,31). The Labute approximate surface area is 194 Å². The number of nitrogens with one attached hydrogen (secondary N) is 1. The molecule has 0 radical (unpaired) electrons. The fraction of sp³-hybridized carbons (Fsp3) is 0.143. The molecule has 4 rings (SSSR count). The molecule has 1 aromatic heterocycles. The Morgan fingerprint density at radius 1 is 1.03 bits per heavy atom. The molecule has 3 aromatic carbocycles. The number of nitrogen functional groups attached to an aromatic ring is 1. The van der Waals surface area contributed by atoms with Crippen molar-refractivity contribution in [1.82, 2.24) is 14.9 Å². The number of nitrogens with zero attached hydrogens (tertiary/aromatic N) is 2. The zero-order chi connectivity index (χ0) is 23.0. The molecule has 4 aromatic rings. The molecule has 0 saturated carbocycles. The minimum Gasteiger partial charge on any atom is -0.399 e. The highest BCUT2D eigenvalue weighted by Crippen LogP contribution is 2.16. The molecule has 33 heavy (non-hydrogen) atoms. The van der Waals surface area contributed by atoms with Gasteiger partial charge >= 0.3 is 0 Å². The van der Waals surface area contributed by atoms with Crippen molar-refractivity contribution >= 4 is 22.6 Å². The van der Waals surface area contributed by atoms with Gasteiger partial charge in [0.15, 0.2) is 0 Å². The molecule has 1 heterocycles. The monoisotopic (exact) mass is 434 g/mol. The van der Waals surface area contributed by atoms with Crippen LogP contribution in [0.2, 0.25) is 0 Å². The van der Waals surface area contributed by atoms with Crippen molar-refractivity contribution < 1.29 is 4.79 Å². The van der Waals surface area contributed by atoms with Gasteiger partial charge in [0.05, 0.1) is 24.0 Å². The van der Waals surface area contributed by atoms with Crippen molar-refractivity contribution in [1.29, 1.82) is 0 Å². The summed E-state index contributed by atoms with van der Waals surface area (Å²) in [5, 5.41) is 0. The molecule has 1 amide bonds. The molecule has 0 unspecified atom stereocenters. The Kier molecular flexibility index (Phi) is 6.87. The van der Waals surface area contributed by atoms with E-state index in [0.29, 0.717) is 19.5 Å². The van der Waals surface area contributed by atoms with E-state index in [0.717, 1.165) is 45.7 Å². The molecular formula is C28H26N4O. The molecule has 0 fully saturated rings. The van der Waals surface area contributed by atoms with Crippen LogP contribution in [0.3, 0.4) is 0 Å². The number of carbonyl (C=O) groups excluding carboxylic acids is 1. The van der Waals surface area contributed by atoms with E-state index in [1.54, 1.807) is 0 Å². The Hall–Kier alpha value is -4.30. The van der Waals surface area contributed by atoms with Crippen LogP contribution in [0.4, 0.5) is 5.69 Å². The summed E-state index contributed by atoms with van der Waals surface area (Å²) in [5.41, 5.74) is 11.0. The van der Waals surface area contributed by atoms with E-state index < -0.39 is 0 Å². The highest BCUT2D eigenvalue weighted by atomic mass is 16.2. The van der Waals surface area contributed by atoms with Crippen LogP contribution in [0, 0.1) is 11.8 Å². The lowest BCUT2D eigenvalue weighted by Gasteiger charge is -2.21. The maximum Gasteiger partial charge on any atom is 0.227 e. The summed E-state index contributed by atoms with van der Waals surface area (Å²) in [4.78, 5) is 22.8. The number of fused-ring (bicyclic) bond motifs is 1. The average molecular weight is 435 g/mol. The first-order valence-electron chi connectivity index (χ1n) is 10.9. The van der Waals surface area contributed by atoms with Gasteiger partial charge < -0.3 is 15.6 Å². The van der Waals surface area contributed by atoms with Gasteiger partial charge in [-0.2, -0.15) is 0 Å². The van der Waals surface area contributed by atoms with Gasteiger partial charge in [-0.05, 0) is 54.4 Å². The summed E-state index contributed by atoms with van der Waals surface area (Å²) < 4.78 is 0. The van der Waals surface area contributed by atoms with Crippen LogP contribution in [0.1, 0.15) is 28.9 Å². The number of aromatic nitrogens is 2. The quantitative estimate of drug-likeness (QED) is 0.252. The maximum atomic E-state index is 13.0. The number of aromatic amines is 1.